The summed E-state index contributed by atoms with van der Waals surface area (Å²) in [6, 6.07) is 1.26. The van der Waals surface area contributed by atoms with Crippen molar-refractivity contribution in [3.05, 3.63) is 50.1 Å². The number of nitro groups is 1. The molecule has 0 radical (unpaired) electrons. The predicted octanol–water partition coefficient (Wildman–Crippen LogP) is 2.81. The van der Waals surface area contributed by atoms with E-state index in [1.807, 2.05) is 0 Å². The number of thiophene rings is 1. The zero-order chi connectivity index (χ0) is 11.7. The second kappa shape index (κ2) is 4.05. The van der Waals surface area contributed by atoms with Crippen molar-refractivity contribution >= 4 is 17.1 Å². The summed E-state index contributed by atoms with van der Waals surface area (Å²) < 4.78 is 18.5. The number of hydrogen-bond donors (Lipinski definition) is 0. The molecule has 0 bridgehead atoms. The largest absolute Gasteiger partial charge is 0.481 e. The minimum absolute atomic E-state index is 0.0323. The van der Waals surface area contributed by atoms with Crippen LogP contribution in [0.4, 0.5) is 4.39 Å². The summed E-state index contributed by atoms with van der Waals surface area (Å²) in [6.07, 6.45) is 0.125. The maximum Gasteiger partial charge on any atom is 0.293 e. The zero-order valence-corrected chi connectivity index (χ0v) is 9.05. The van der Waals surface area contributed by atoms with Crippen LogP contribution in [0.2, 0.25) is 0 Å². The monoisotopic (exact) mass is 241 g/mol. The SMILES string of the molecule is C=C1COC(c2sccc2F)=C([N+](=O)[O-])C1. The summed E-state index contributed by atoms with van der Waals surface area (Å²) in [7, 11) is 0. The zero-order valence-electron chi connectivity index (χ0n) is 8.23. The molecule has 0 saturated carbocycles. The molecule has 1 aromatic rings. The van der Waals surface area contributed by atoms with Gasteiger partial charge in [0.15, 0.2) is 0 Å². The molecular weight excluding hydrogens is 233 g/mol. The van der Waals surface area contributed by atoms with Crippen molar-refractivity contribution in [1.82, 2.24) is 0 Å². The third-order valence-corrected chi connectivity index (χ3v) is 3.03. The van der Waals surface area contributed by atoms with Gasteiger partial charge >= 0.3 is 0 Å². The van der Waals surface area contributed by atoms with Gasteiger partial charge in [0, 0.05) is 0 Å². The second-order valence-electron chi connectivity index (χ2n) is 3.35. The standard InChI is InChI=1S/C10H8FNO3S/c1-6-4-8(12(13)14)9(15-5-6)10-7(11)2-3-16-10/h2-3H,1,4-5H2. The maximum absolute atomic E-state index is 13.3. The normalized spacial score (nSPS) is 16.2. The molecule has 2 rings (SSSR count). The van der Waals surface area contributed by atoms with E-state index >= 15 is 0 Å². The number of nitrogens with zero attached hydrogens (tertiary/aromatic N) is 1. The van der Waals surface area contributed by atoms with Crippen LogP contribution in [0.5, 0.6) is 0 Å². The molecule has 1 aromatic heterocycles. The average Bonchev–Trinajstić information content (AvgIpc) is 2.64. The van der Waals surface area contributed by atoms with Gasteiger partial charge in [0.05, 0.1) is 11.3 Å². The van der Waals surface area contributed by atoms with Crippen LogP contribution in [0.25, 0.3) is 5.76 Å². The van der Waals surface area contributed by atoms with E-state index in [9.17, 15) is 14.5 Å². The van der Waals surface area contributed by atoms with Gasteiger partial charge in [-0.3, -0.25) is 10.1 Å². The van der Waals surface area contributed by atoms with Crippen molar-refractivity contribution < 1.29 is 14.1 Å². The van der Waals surface area contributed by atoms with Gasteiger partial charge < -0.3 is 4.74 Å². The smallest absolute Gasteiger partial charge is 0.293 e. The van der Waals surface area contributed by atoms with Gasteiger partial charge in [0.1, 0.15) is 17.3 Å². The van der Waals surface area contributed by atoms with Gasteiger partial charge in [0.25, 0.3) is 5.70 Å². The Kier molecular flexibility index (Phi) is 2.74. The summed E-state index contributed by atoms with van der Waals surface area (Å²) in [6.45, 7) is 3.83. The first-order chi connectivity index (χ1) is 7.59. The minimum atomic E-state index is -0.543. The number of rotatable bonds is 2. The molecule has 6 heteroatoms. The van der Waals surface area contributed by atoms with Gasteiger partial charge in [-0.2, -0.15) is 0 Å². The lowest BCUT2D eigenvalue weighted by Gasteiger charge is -2.16. The van der Waals surface area contributed by atoms with E-state index < -0.39 is 10.7 Å². The molecule has 0 fully saturated rings. The van der Waals surface area contributed by atoms with Crippen molar-refractivity contribution in [2.75, 3.05) is 6.61 Å². The Balaban J connectivity index is 2.51. The Morgan fingerprint density at radius 3 is 2.94 bits per heavy atom. The first kappa shape index (κ1) is 10.8. The fourth-order valence-corrected chi connectivity index (χ4v) is 2.21. The highest BCUT2D eigenvalue weighted by Crippen LogP contribution is 2.33. The molecule has 0 saturated heterocycles. The molecule has 0 atom stereocenters. The summed E-state index contributed by atoms with van der Waals surface area (Å²) in [5, 5.41) is 12.4. The highest BCUT2D eigenvalue weighted by Gasteiger charge is 2.29. The Labute approximate surface area is 94.8 Å². The van der Waals surface area contributed by atoms with E-state index in [0.717, 1.165) is 11.3 Å². The predicted molar refractivity (Wildman–Crippen MR) is 57.9 cm³/mol. The average molecular weight is 241 g/mol. The van der Waals surface area contributed by atoms with Gasteiger partial charge in [-0.1, -0.05) is 6.58 Å². The molecule has 1 aliphatic heterocycles. The molecule has 4 nitrogen and oxygen atoms in total. The summed E-state index contributed by atoms with van der Waals surface area (Å²) >= 11 is 1.09. The topological polar surface area (TPSA) is 52.4 Å². The fraction of sp³-hybridized carbons (Fsp3) is 0.200. The molecule has 0 N–H and O–H groups in total. The minimum Gasteiger partial charge on any atom is -0.481 e. The lowest BCUT2D eigenvalue weighted by Crippen LogP contribution is -2.13. The summed E-state index contributed by atoms with van der Waals surface area (Å²) in [4.78, 5) is 10.5. The van der Waals surface area contributed by atoms with Crippen molar-refractivity contribution in [3.8, 4) is 0 Å². The Morgan fingerprint density at radius 1 is 1.62 bits per heavy atom. The molecule has 0 aliphatic carbocycles. The van der Waals surface area contributed by atoms with Crippen LogP contribution in [0, 0.1) is 15.9 Å². The molecule has 0 unspecified atom stereocenters. The van der Waals surface area contributed by atoms with Crippen LogP contribution >= 0.6 is 11.3 Å². The van der Waals surface area contributed by atoms with E-state index in [0.29, 0.717) is 5.57 Å². The van der Waals surface area contributed by atoms with Crippen molar-refractivity contribution in [1.29, 1.82) is 0 Å². The maximum atomic E-state index is 13.3. The van der Waals surface area contributed by atoms with E-state index in [1.54, 1.807) is 0 Å². The van der Waals surface area contributed by atoms with Crippen LogP contribution in [-0.2, 0) is 4.74 Å². The van der Waals surface area contributed by atoms with Gasteiger partial charge in [-0.25, -0.2) is 4.39 Å². The van der Waals surface area contributed by atoms with E-state index in [-0.39, 0.29) is 29.4 Å². The molecule has 84 valence electrons. The first-order valence-electron chi connectivity index (χ1n) is 4.50. The lowest BCUT2D eigenvalue weighted by molar-refractivity contribution is -0.428. The molecule has 1 aliphatic rings. The summed E-state index contributed by atoms with van der Waals surface area (Å²) in [5.74, 6) is -0.461. The molecular formula is C10H8FNO3S. The van der Waals surface area contributed by atoms with E-state index in [4.69, 9.17) is 4.74 Å². The molecule has 0 amide bonds. The van der Waals surface area contributed by atoms with Crippen molar-refractivity contribution in [2.45, 2.75) is 6.42 Å². The summed E-state index contributed by atoms with van der Waals surface area (Å²) in [5.41, 5.74) is 0.491. The molecule has 0 spiro atoms. The number of ether oxygens (including phenoxy) is 1. The Morgan fingerprint density at radius 2 is 2.38 bits per heavy atom. The molecule has 0 aromatic carbocycles. The Bertz CT molecular complexity index is 492. The Hall–Kier alpha value is -1.69. The van der Waals surface area contributed by atoms with Crippen LogP contribution < -0.4 is 0 Å². The number of hydrogen-bond acceptors (Lipinski definition) is 4. The van der Waals surface area contributed by atoms with E-state index in [1.165, 1.54) is 11.4 Å². The van der Waals surface area contributed by atoms with Gasteiger partial charge in [-0.15, -0.1) is 11.3 Å². The van der Waals surface area contributed by atoms with E-state index in [2.05, 4.69) is 6.58 Å². The lowest BCUT2D eigenvalue weighted by atomic mass is 10.1. The molecule has 16 heavy (non-hydrogen) atoms. The quantitative estimate of drug-likeness (QED) is 0.454. The highest BCUT2D eigenvalue weighted by molar-refractivity contribution is 7.11. The van der Waals surface area contributed by atoms with Crippen LogP contribution in [0.15, 0.2) is 29.3 Å². The molecule has 2 heterocycles. The van der Waals surface area contributed by atoms with Crippen LogP contribution in [0.1, 0.15) is 11.3 Å². The van der Waals surface area contributed by atoms with Crippen molar-refractivity contribution in [2.24, 2.45) is 0 Å². The number of halogens is 1. The third kappa shape index (κ3) is 1.83. The third-order valence-electron chi connectivity index (χ3n) is 2.14. The van der Waals surface area contributed by atoms with Gasteiger partial charge in [0.2, 0.25) is 5.76 Å². The van der Waals surface area contributed by atoms with Crippen LogP contribution in [-0.4, -0.2) is 11.5 Å². The van der Waals surface area contributed by atoms with Crippen molar-refractivity contribution in [3.63, 3.8) is 0 Å². The second-order valence-corrected chi connectivity index (χ2v) is 4.26. The van der Waals surface area contributed by atoms with Crippen LogP contribution in [0.3, 0.4) is 0 Å². The number of allylic oxidation sites excluding steroid dienone is 1. The highest BCUT2D eigenvalue weighted by atomic mass is 32.1. The first-order valence-corrected chi connectivity index (χ1v) is 5.38. The van der Waals surface area contributed by atoms with Gasteiger partial charge in [-0.05, 0) is 17.0 Å². The fourth-order valence-electron chi connectivity index (χ4n) is 1.43.